The van der Waals surface area contributed by atoms with E-state index in [9.17, 15) is 13.2 Å². The number of anilines is 1. The number of halogens is 1. The molecule has 0 fully saturated rings. The topological polar surface area (TPSA) is 75.7 Å². The van der Waals surface area contributed by atoms with Gasteiger partial charge in [0, 0.05) is 4.47 Å². The molecule has 0 aromatic heterocycles. The zero-order chi connectivity index (χ0) is 22.3. The van der Waals surface area contributed by atoms with Crippen LogP contribution >= 0.6 is 15.9 Å². The lowest BCUT2D eigenvalue weighted by Crippen LogP contribution is -2.41. The maximum atomic E-state index is 13.2. The number of benzene rings is 3. The smallest absolute Gasteiger partial charge is 0.264 e. The van der Waals surface area contributed by atoms with E-state index in [0.717, 1.165) is 9.87 Å². The summed E-state index contributed by atoms with van der Waals surface area (Å²) in [5.74, 6) is 0.286. The molecule has 3 rings (SSSR count). The van der Waals surface area contributed by atoms with E-state index in [1.54, 1.807) is 42.5 Å². The van der Waals surface area contributed by atoms with E-state index in [-0.39, 0.29) is 24.6 Å². The number of carbonyl (C=O) groups excluding carboxylic acids is 1. The number of amides is 1. The van der Waals surface area contributed by atoms with Gasteiger partial charge in [0.15, 0.2) is 0 Å². The second-order valence-electron chi connectivity index (χ2n) is 6.82. The van der Waals surface area contributed by atoms with Crippen molar-refractivity contribution in [3.63, 3.8) is 0 Å². The molecular formula is C23H23BrN2O4S. The zero-order valence-corrected chi connectivity index (χ0v) is 19.4. The zero-order valence-electron chi connectivity index (χ0n) is 17.0. The highest BCUT2D eigenvalue weighted by atomic mass is 79.9. The van der Waals surface area contributed by atoms with Crippen molar-refractivity contribution in [2.75, 3.05) is 24.0 Å². The SMILES string of the molecule is Cc1ccc(OCCNC(=O)CN(c2cccc(Br)c2)S(=O)(=O)c2ccccc2)cc1. The standard InChI is InChI=1S/C23H23BrN2O4S/c1-18-10-12-21(13-11-18)30-15-14-25-23(27)17-26(20-7-5-6-19(24)16-20)31(28,29)22-8-3-2-4-9-22/h2-13,16H,14-15,17H2,1H3,(H,25,27). The average Bonchev–Trinajstić information content (AvgIpc) is 2.77. The highest BCUT2D eigenvalue weighted by molar-refractivity contribution is 9.10. The fraction of sp³-hybridized carbons (Fsp3) is 0.174. The Labute approximate surface area is 191 Å². The van der Waals surface area contributed by atoms with Crippen molar-refractivity contribution in [2.24, 2.45) is 0 Å². The molecule has 0 heterocycles. The highest BCUT2D eigenvalue weighted by Crippen LogP contribution is 2.26. The molecule has 0 unspecified atom stereocenters. The van der Waals surface area contributed by atoms with Crippen LogP contribution in [0.25, 0.3) is 0 Å². The first kappa shape index (κ1) is 22.8. The lowest BCUT2D eigenvalue weighted by Gasteiger charge is -2.24. The maximum Gasteiger partial charge on any atom is 0.264 e. The third-order valence-corrected chi connectivity index (χ3v) is 6.71. The van der Waals surface area contributed by atoms with Crippen LogP contribution in [0.1, 0.15) is 5.56 Å². The van der Waals surface area contributed by atoms with Gasteiger partial charge in [-0.1, -0.05) is 57.9 Å². The first-order valence-electron chi connectivity index (χ1n) is 9.66. The van der Waals surface area contributed by atoms with E-state index in [1.165, 1.54) is 12.1 Å². The first-order chi connectivity index (χ1) is 14.9. The van der Waals surface area contributed by atoms with Gasteiger partial charge in [0.25, 0.3) is 10.0 Å². The van der Waals surface area contributed by atoms with Crippen molar-refractivity contribution in [1.82, 2.24) is 5.32 Å². The van der Waals surface area contributed by atoms with Crippen LogP contribution in [0.15, 0.2) is 88.2 Å². The molecule has 0 radical (unpaired) electrons. The van der Waals surface area contributed by atoms with Crippen molar-refractivity contribution in [3.8, 4) is 5.75 Å². The molecule has 0 spiro atoms. The Morgan fingerprint density at radius 1 is 1.00 bits per heavy atom. The molecule has 3 aromatic rings. The number of ether oxygens (including phenoxy) is 1. The number of rotatable bonds is 9. The quantitative estimate of drug-likeness (QED) is 0.446. The molecule has 162 valence electrons. The van der Waals surface area contributed by atoms with Crippen molar-refractivity contribution < 1.29 is 17.9 Å². The largest absolute Gasteiger partial charge is 0.492 e. The summed E-state index contributed by atoms with van der Waals surface area (Å²) in [4.78, 5) is 12.7. The highest BCUT2D eigenvalue weighted by Gasteiger charge is 2.27. The summed E-state index contributed by atoms with van der Waals surface area (Å²) in [6, 6.07) is 22.5. The van der Waals surface area contributed by atoms with Gasteiger partial charge in [-0.05, 0) is 49.4 Å². The predicted octanol–water partition coefficient (Wildman–Crippen LogP) is 4.15. The average molecular weight is 503 g/mol. The van der Waals surface area contributed by atoms with E-state index in [2.05, 4.69) is 21.2 Å². The van der Waals surface area contributed by atoms with Gasteiger partial charge in [0.05, 0.1) is 17.1 Å². The van der Waals surface area contributed by atoms with E-state index in [0.29, 0.717) is 15.9 Å². The number of sulfonamides is 1. The summed E-state index contributed by atoms with van der Waals surface area (Å²) in [7, 11) is -3.92. The van der Waals surface area contributed by atoms with Gasteiger partial charge < -0.3 is 10.1 Å². The molecule has 31 heavy (non-hydrogen) atoms. The van der Waals surface area contributed by atoms with Gasteiger partial charge >= 0.3 is 0 Å². The summed E-state index contributed by atoms with van der Waals surface area (Å²) in [6.45, 7) is 2.17. The molecular weight excluding hydrogens is 480 g/mol. The summed E-state index contributed by atoms with van der Waals surface area (Å²) < 4.78 is 33.9. The summed E-state index contributed by atoms with van der Waals surface area (Å²) in [5.41, 5.74) is 1.53. The van der Waals surface area contributed by atoms with Crippen LogP contribution in [-0.2, 0) is 14.8 Å². The molecule has 1 N–H and O–H groups in total. The third kappa shape index (κ3) is 6.32. The summed E-state index contributed by atoms with van der Waals surface area (Å²) in [6.07, 6.45) is 0. The minimum Gasteiger partial charge on any atom is -0.492 e. The molecule has 0 bridgehead atoms. The molecule has 1 amide bonds. The normalized spacial score (nSPS) is 11.0. The second-order valence-corrected chi connectivity index (χ2v) is 9.59. The van der Waals surface area contributed by atoms with Crippen LogP contribution in [-0.4, -0.2) is 34.0 Å². The Hall–Kier alpha value is -2.84. The molecule has 0 saturated carbocycles. The minimum atomic E-state index is -3.92. The van der Waals surface area contributed by atoms with Gasteiger partial charge in [0.2, 0.25) is 5.91 Å². The number of nitrogens with one attached hydrogen (secondary N) is 1. The first-order valence-corrected chi connectivity index (χ1v) is 11.9. The van der Waals surface area contributed by atoms with Gasteiger partial charge in [-0.2, -0.15) is 0 Å². The van der Waals surface area contributed by atoms with Gasteiger partial charge in [-0.3, -0.25) is 9.10 Å². The number of nitrogens with zero attached hydrogens (tertiary/aromatic N) is 1. The number of aryl methyl sites for hydroxylation is 1. The fourth-order valence-corrected chi connectivity index (χ4v) is 4.67. The van der Waals surface area contributed by atoms with E-state index >= 15 is 0 Å². The van der Waals surface area contributed by atoms with E-state index in [4.69, 9.17) is 4.74 Å². The molecule has 8 heteroatoms. The van der Waals surface area contributed by atoms with Gasteiger partial charge in [-0.15, -0.1) is 0 Å². The van der Waals surface area contributed by atoms with Crippen LogP contribution in [0.2, 0.25) is 0 Å². The lowest BCUT2D eigenvalue weighted by atomic mass is 10.2. The molecule has 3 aromatic carbocycles. The van der Waals surface area contributed by atoms with Crippen molar-refractivity contribution in [3.05, 3.63) is 88.9 Å². The molecule has 0 aliphatic heterocycles. The second kappa shape index (κ2) is 10.5. The monoisotopic (exact) mass is 502 g/mol. The van der Waals surface area contributed by atoms with Crippen molar-refractivity contribution in [2.45, 2.75) is 11.8 Å². The van der Waals surface area contributed by atoms with Gasteiger partial charge in [-0.25, -0.2) is 8.42 Å². The molecule has 0 aliphatic carbocycles. The van der Waals surface area contributed by atoms with Crippen LogP contribution in [0.3, 0.4) is 0 Å². The number of hydrogen-bond acceptors (Lipinski definition) is 4. The Bertz CT molecular complexity index is 1120. The predicted molar refractivity (Wildman–Crippen MR) is 125 cm³/mol. The number of hydrogen-bond donors (Lipinski definition) is 1. The van der Waals surface area contributed by atoms with E-state index in [1.807, 2.05) is 31.2 Å². The Morgan fingerprint density at radius 2 is 1.71 bits per heavy atom. The molecule has 0 atom stereocenters. The lowest BCUT2D eigenvalue weighted by molar-refractivity contribution is -0.119. The Morgan fingerprint density at radius 3 is 2.39 bits per heavy atom. The van der Waals surface area contributed by atoms with E-state index < -0.39 is 15.9 Å². The maximum absolute atomic E-state index is 13.2. The molecule has 0 saturated heterocycles. The third-order valence-electron chi connectivity index (χ3n) is 4.43. The van der Waals surface area contributed by atoms with Crippen molar-refractivity contribution in [1.29, 1.82) is 0 Å². The van der Waals surface area contributed by atoms with Crippen LogP contribution < -0.4 is 14.4 Å². The van der Waals surface area contributed by atoms with Crippen LogP contribution in [0.4, 0.5) is 5.69 Å². The fourth-order valence-electron chi connectivity index (χ4n) is 2.85. The molecule has 6 nitrogen and oxygen atoms in total. The molecule has 0 aliphatic rings. The Kier molecular flexibility index (Phi) is 7.70. The minimum absolute atomic E-state index is 0.116. The van der Waals surface area contributed by atoms with Crippen LogP contribution in [0, 0.1) is 6.92 Å². The summed E-state index contributed by atoms with van der Waals surface area (Å²) in [5, 5.41) is 2.72. The summed E-state index contributed by atoms with van der Waals surface area (Å²) >= 11 is 3.36. The van der Waals surface area contributed by atoms with Crippen LogP contribution in [0.5, 0.6) is 5.75 Å². The van der Waals surface area contributed by atoms with Gasteiger partial charge in [0.1, 0.15) is 18.9 Å². The Balaban J connectivity index is 1.68. The van der Waals surface area contributed by atoms with Crippen molar-refractivity contribution >= 4 is 37.5 Å². The number of carbonyl (C=O) groups is 1.